The lowest BCUT2D eigenvalue weighted by Crippen LogP contribution is -2.51. The minimum Gasteiger partial charge on any atom is -0.354 e. The monoisotopic (exact) mass is 293 g/mol. The van der Waals surface area contributed by atoms with E-state index in [-0.39, 0.29) is 6.17 Å². The zero-order valence-corrected chi connectivity index (χ0v) is 12.7. The number of aliphatic imine (C=N–C) groups is 2. The number of benzene rings is 1. The molecular weight excluding hydrogens is 274 g/mol. The minimum atomic E-state index is -0.105. The summed E-state index contributed by atoms with van der Waals surface area (Å²) in [4.78, 5) is 8.79. The Morgan fingerprint density at radius 1 is 1.25 bits per heavy atom. The van der Waals surface area contributed by atoms with Gasteiger partial charge in [-0.15, -0.1) is 0 Å². The molecule has 0 amide bonds. The Morgan fingerprint density at radius 2 is 1.95 bits per heavy atom. The molecule has 1 aliphatic heterocycles. The summed E-state index contributed by atoms with van der Waals surface area (Å²) in [6.07, 6.45) is -0.105. The van der Waals surface area contributed by atoms with Crippen molar-refractivity contribution in [2.24, 2.45) is 9.98 Å². The second kappa shape index (κ2) is 6.61. The average Bonchev–Trinajstić information content (AvgIpc) is 2.36. The molecule has 0 aromatic heterocycles. The molecule has 0 bridgehead atoms. The topological polar surface area (TPSA) is 60.8 Å². The first-order valence-electron chi connectivity index (χ1n) is 6.71. The Kier molecular flexibility index (Phi) is 4.84. The molecule has 108 valence electrons. The maximum absolute atomic E-state index is 6.13. The van der Waals surface area contributed by atoms with Crippen molar-refractivity contribution < 1.29 is 0 Å². The van der Waals surface area contributed by atoms with Crippen LogP contribution in [-0.4, -0.2) is 24.1 Å². The van der Waals surface area contributed by atoms with E-state index in [1.807, 2.05) is 31.2 Å². The van der Waals surface area contributed by atoms with Crippen molar-refractivity contribution in [1.82, 2.24) is 16.0 Å². The van der Waals surface area contributed by atoms with Gasteiger partial charge in [0.15, 0.2) is 5.96 Å². The lowest BCUT2D eigenvalue weighted by Gasteiger charge is -2.22. The summed E-state index contributed by atoms with van der Waals surface area (Å²) in [6.45, 7) is 6.70. The second-order valence-corrected chi connectivity index (χ2v) is 5.36. The lowest BCUT2D eigenvalue weighted by molar-refractivity contribution is 0.677. The number of hydrogen-bond acceptors (Lipinski definition) is 5. The van der Waals surface area contributed by atoms with E-state index < -0.39 is 0 Å². The predicted octanol–water partition coefficient (Wildman–Crippen LogP) is 2.09. The predicted molar refractivity (Wildman–Crippen MR) is 84.0 cm³/mol. The maximum atomic E-state index is 6.13. The standard InChI is InChI=1S/C14H20ClN5/c1-9(2)17-14-19-10(3)18-13(20-14)16-8-11-6-4-5-7-12(11)15/h4-7,9-10H,8H2,1-3H3,(H3,16,17,18,19,20). The Bertz CT molecular complexity index is 524. The number of nitrogens with one attached hydrogen (secondary N) is 3. The molecule has 3 N–H and O–H groups in total. The SMILES string of the molecule is CC1N=C(NCc2ccccc2Cl)NC(NC(C)C)=N1. The molecule has 1 aromatic rings. The fourth-order valence-corrected chi connectivity index (χ4v) is 2.04. The molecule has 2 rings (SSSR count). The number of rotatable bonds is 3. The van der Waals surface area contributed by atoms with Crippen molar-refractivity contribution in [3.8, 4) is 0 Å². The zero-order chi connectivity index (χ0) is 14.5. The quantitative estimate of drug-likeness (QED) is 0.800. The zero-order valence-electron chi connectivity index (χ0n) is 11.9. The molecule has 0 spiro atoms. The van der Waals surface area contributed by atoms with Crippen LogP contribution in [0.4, 0.5) is 0 Å². The Hall–Kier alpha value is -1.75. The van der Waals surface area contributed by atoms with Crippen LogP contribution in [-0.2, 0) is 6.54 Å². The molecule has 6 heteroatoms. The van der Waals surface area contributed by atoms with Crippen molar-refractivity contribution in [1.29, 1.82) is 0 Å². The summed E-state index contributed by atoms with van der Waals surface area (Å²) in [5.41, 5.74) is 1.03. The third-order valence-corrected chi connectivity index (χ3v) is 3.07. The number of nitrogens with zero attached hydrogens (tertiary/aromatic N) is 2. The lowest BCUT2D eigenvalue weighted by atomic mass is 10.2. The Balaban J connectivity index is 1.95. The highest BCUT2D eigenvalue weighted by Gasteiger charge is 2.13. The molecule has 0 saturated heterocycles. The molecular formula is C14H20ClN5. The van der Waals surface area contributed by atoms with Gasteiger partial charge in [-0.25, -0.2) is 9.98 Å². The van der Waals surface area contributed by atoms with Crippen molar-refractivity contribution in [2.75, 3.05) is 0 Å². The first-order chi connectivity index (χ1) is 9.54. The van der Waals surface area contributed by atoms with E-state index in [1.165, 1.54) is 0 Å². The largest absolute Gasteiger partial charge is 0.354 e. The highest BCUT2D eigenvalue weighted by Crippen LogP contribution is 2.14. The molecule has 20 heavy (non-hydrogen) atoms. The van der Waals surface area contributed by atoms with E-state index in [0.717, 1.165) is 16.5 Å². The van der Waals surface area contributed by atoms with Gasteiger partial charge in [0.1, 0.15) is 6.17 Å². The molecule has 1 atom stereocenters. The summed E-state index contributed by atoms with van der Waals surface area (Å²) < 4.78 is 0. The van der Waals surface area contributed by atoms with E-state index in [1.54, 1.807) is 0 Å². The molecule has 0 radical (unpaired) electrons. The molecule has 1 aromatic carbocycles. The Labute approximate surface area is 124 Å². The summed E-state index contributed by atoms with van der Waals surface area (Å²) in [7, 11) is 0. The minimum absolute atomic E-state index is 0.105. The van der Waals surface area contributed by atoms with Gasteiger partial charge in [-0.2, -0.15) is 0 Å². The average molecular weight is 294 g/mol. The van der Waals surface area contributed by atoms with Gasteiger partial charge >= 0.3 is 0 Å². The van der Waals surface area contributed by atoms with Crippen LogP contribution >= 0.6 is 11.6 Å². The van der Waals surface area contributed by atoms with E-state index in [9.17, 15) is 0 Å². The fraction of sp³-hybridized carbons (Fsp3) is 0.429. The van der Waals surface area contributed by atoms with Crippen LogP contribution in [0.3, 0.4) is 0 Å². The molecule has 0 aliphatic carbocycles. The van der Waals surface area contributed by atoms with E-state index >= 15 is 0 Å². The van der Waals surface area contributed by atoms with Crippen molar-refractivity contribution in [3.05, 3.63) is 34.9 Å². The fourth-order valence-electron chi connectivity index (χ4n) is 1.84. The number of hydrogen-bond donors (Lipinski definition) is 3. The molecule has 1 unspecified atom stereocenters. The summed E-state index contributed by atoms with van der Waals surface area (Å²) >= 11 is 6.13. The van der Waals surface area contributed by atoms with E-state index in [2.05, 4.69) is 39.8 Å². The summed E-state index contributed by atoms with van der Waals surface area (Å²) in [5.74, 6) is 1.44. The number of guanidine groups is 2. The third-order valence-electron chi connectivity index (χ3n) is 2.70. The van der Waals surface area contributed by atoms with Gasteiger partial charge in [0.2, 0.25) is 5.96 Å². The smallest absolute Gasteiger partial charge is 0.200 e. The van der Waals surface area contributed by atoms with Gasteiger partial charge in [0.05, 0.1) is 0 Å². The van der Waals surface area contributed by atoms with Crippen LogP contribution in [0.1, 0.15) is 26.3 Å². The molecule has 5 nitrogen and oxygen atoms in total. The van der Waals surface area contributed by atoms with Crippen molar-refractivity contribution in [3.63, 3.8) is 0 Å². The van der Waals surface area contributed by atoms with Crippen LogP contribution in [0.15, 0.2) is 34.3 Å². The highest BCUT2D eigenvalue weighted by molar-refractivity contribution is 6.31. The third kappa shape index (κ3) is 4.13. The van der Waals surface area contributed by atoms with Crippen LogP contribution in [0, 0.1) is 0 Å². The Morgan fingerprint density at radius 3 is 2.65 bits per heavy atom. The van der Waals surface area contributed by atoms with Crippen molar-refractivity contribution in [2.45, 2.75) is 39.5 Å². The van der Waals surface area contributed by atoms with E-state index in [4.69, 9.17) is 11.6 Å². The maximum Gasteiger partial charge on any atom is 0.200 e. The molecule has 0 fully saturated rings. The second-order valence-electron chi connectivity index (χ2n) is 4.96. The molecule has 1 heterocycles. The normalized spacial score (nSPS) is 18.1. The first kappa shape index (κ1) is 14.7. The van der Waals surface area contributed by atoms with Gasteiger partial charge in [-0.1, -0.05) is 29.8 Å². The van der Waals surface area contributed by atoms with E-state index in [0.29, 0.717) is 18.5 Å². The van der Waals surface area contributed by atoms with Gasteiger partial charge in [-0.3, -0.25) is 5.32 Å². The van der Waals surface area contributed by atoms with Gasteiger partial charge < -0.3 is 10.6 Å². The molecule has 0 saturated carbocycles. The van der Waals surface area contributed by atoms with Crippen LogP contribution in [0.2, 0.25) is 5.02 Å². The van der Waals surface area contributed by atoms with Crippen molar-refractivity contribution >= 4 is 23.5 Å². The number of halogens is 1. The van der Waals surface area contributed by atoms with Crippen LogP contribution in [0.5, 0.6) is 0 Å². The summed E-state index contributed by atoms with van der Waals surface area (Å²) in [5, 5.41) is 10.4. The van der Waals surface area contributed by atoms with Crippen LogP contribution in [0.25, 0.3) is 0 Å². The first-order valence-corrected chi connectivity index (χ1v) is 7.09. The van der Waals surface area contributed by atoms with Gasteiger partial charge in [0, 0.05) is 17.6 Å². The molecule has 1 aliphatic rings. The summed E-state index contributed by atoms with van der Waals surface area (Å²) in [6, 6.07) is 8.07. The van der Waals surface area contributed by atoms with Gasteiger partial charge in [0.25, 0.3) is 0 Å². The van der Waals surface area contributed by atoms with Crippen LogP contribution < -0.4 is 16.0 Å². The van der Waals surface area contributed by atoms with Gasteiger partial charge in [-0.05, 0) is 32.4 Å². The highest BCUT2D eigenvalue weighted by atomic mass is 35.5.